The zero-order chi connectivity index (χ0) is 20.5. The largest absolute Gasteiger partial charge is 0.497 e. The number of likely N-dealkylation sites (tertiary alicyclic amines) is 1. The molecule has 0 saturated carbocycles. The highest BCUT2D eigenvalue weighted by atomic mass is 35.5. The normalized spacial score (nSPS) is 17.6. The Morgan fingerprint density at radius 3 is 2.23 bits per heavy atom. The molecule has 0 amide bonds. The van der Waals surface area contributed by atoms with E-state index in [4.69, 9.17) is 4.74 Å². The van der Waals surface area contributed by atoms with Crippen LogP contribution < -0.4 is 4.74 Å². The summed E-state index contributed by atoms with van der Waals surface area (Å²) in [4.78, 5) is 2.55. The molecule has 1 heterocycles. The maximum absolute atomic E-state index is 12.2. The Morgan fingerprint density at radius 1 is 0.967 bits per heavy atom. The Kier molecular flexibility index (Phi) is 10.2. The van der Waals surface area contributed by atoms with E-state index in [1.807, 2.05) is 12.1 Å². The van der Waals surface area contributed by atoms with Crippen molar-refractivity contribution in [1.29, 1.82) is 0 Å². The van der Waals surface area contributed by atoms with E-state index in [1.54, 1.807) is 7.11 Å². The molecule has 3 nitrogen and oxygen atoms in total. The number of halogens is 1. The Bertz CT molecular complexity index is 716. The fourth-order valence-electron chi connectivity index (χ4n) is 4.66. The minimum absolute atomic E-state index is 0. The Hall–Kier alpha value is -1.55. The lowest BCUT2D eigenvalue weighted by Crippen LogP contribution is -2.42. The molecule has 3 rings (SSSR count). The first kappa shape index (κ1) is 24.7. The van der Waals surface area contributed by atoms with Gasteiger partial charge < -0.3 is 14.7 Å². The van der Waals surface area contributed by atoms with Gasteiger partial charge in [-0.1, -0.05) is 75.1 Å². The van der Waals surface area contributed by atoms with E-state index in [9.17, 15) is 5.11 Å². The molecule has 2 aromatic carbocycles. The van der Waals surface area contributed by atoms with Crippen LogP contribution in [0.2, 0.25) is 0 Å². The number of hydrogen-bond acceptors (Lipinski definition) is 3. The quantitative estimate of drug-likeness (QED) is 0.457. The van der Waals surface area contributed by atoms with Crippen LogP contribution in [0.1, 0.15) is 68.9 Å². The number of aliphatic hydroxyl groups is 1. The molecule has 2 aromatic rings. The summed E-state index contributed by atoms with van der Waals surface area (Å²) in [5, 5.41) is 12.2. The van der Waals surface area contributed by atoms with E-state index >= 15 is 0 Å². The third kappa shape index (κ3) is 6.23. The second-order valence-corrected chi connectivity index (χ2v) is 8.43. The van der Waals surface area contributed by atoms with E-state index < -0.39 is 5.60 Å². The lowest BCUT2D eigenvalue weighted by molar-refractivity contribution is -0.0167. The van der Waals surface area contributed by atoms with Crippen LogP contribution in [0.3, 0.4) is 0 Å². The van der Waals surface area contributed by atoms with Crippen molar-refractivity contribution in [2.45, 2.75) is 63.4 Å². The van der Waals surface area contributed by atoms with Crippen molar-refractivity contribution < 1.29 is 9.84 Å². The molecule has 1 saturated heterocycles. The molecule has 1 aliphatic rings. The fraction of sp³-hybridized carbons (Fsp3) is 0.538. The lowest BCUT2D eigenvalue weighted by Gasteiger charge is -2.41. The van der Waals surface area contributed by atoms with Crippen LogP contribution in [-0.4, -0.2) is 36.8 Å². The Labute approximate surface area is 188 Å². The minimum atomic E-state index is -0.889. The molecule has 30 heavy (non-hydrogen) atoms. The predicted octanol–water partition coefficient (Wildman–Crippen LogP) is 6.15. The van der Waals surface area contributed by atoms with Crippen molar-refractivity contribution in [1.82, 2.24) is 4.90 Å². The second-order valence-electron chi connectivity index (χ2n) is 8.43. The Balaban J connectivity index is 0.00000320. The van der Waals surface area contributed by atoms with Crippen LogP contribution in [0.5, 0.6) is 5.75 Å². The number of nitrogens with zero attached hydrogens (tertiary/aromatic N) is 1. The minimum Gasteiger partial charge on any atom is -0.497 e. The summed E-state index contributed by atoms with van der Waals surface area (Å²) in [6.07, 6.45) is 7.95. The van der Waals surface area contributed by atoms with Gasteiger partial charge in [-0.05, 0) is 55.6 Å². The van der Waals surface area contributed by atoms with Gasteiger partial charge in [0, 0.05) is 12.5 Å². The van der Waals surface area contributed by atoms with Crippen LogP contribution in [0, 0.1) is 0 Å². The highest BCUT2D eigenvalue weighted by molar-refractivity contribution is 5.85. The summed E-state index contributed by atoms with van der Waals surface area (Å²) >= 11 is 0. The van der Waals surface area contributed by atoms with Gasteiger partial charge in [0.05, 0.1) is 12.7 Å². The van der Waals surface area contributed by atoms with Crippen molar-refractivity contribution in [3.63, 3.8) is 0 Å². The molecule has 0 bridgehead atoms. The highest BCUT2D eigenvalue weighted by Crippen LogP contribution is 2.42. The van der Waals surface area contributed by atoms with E-state index in [-0.39, 0.29) is 18.3 Å². The molecular weight excluding hydrogens is 394 g/mol. The molecule has 0 radical (unpaired) electrons. The maximum Gasteiger partial charge on any atom is 0.118 e. The second kappa shape index (κ2) is 12.3. The number of methoxy groups -OCH3 is 1. The number of benzene rings is 2. The third-order valence-corrected chi connectivity index (χ3v) is 6.42. The zero-order valence-corrected chi connectivity index (χ0v) is 19.4. The van der Waals surface area contributed by atoms with Gasteiger partial charge in [-0.25, -0.2) is 0 Å². The van der Waals surface area contributed by atoms with E-state index in [1.165, 1.54) is 24.8 Å². The summed E-state index contributed by atoms with van der Waals surface area (Å²) in [6, 6.07) is 18.7. The van der Waals surface area contributed by atoms with Crippen LogP contribution in [0.4, 0.5) is 0 Å². The molecule has 1 fully saturated rings. The molecule has 0 spiro atoms. The number of hydrogen-bond donors (Lipinski definition) is 1. The molecule has 1 aliphatic heterocycles. The van der Waals surface area contributed by atoms with Gasteiger partial charge in [-0.2, -0.15) is 0 Å². The van der Waals surface area contributed by atoms with Crippen LogP contribution >= 0.6 is 12.4 Å². The SMILES string of the molecule is CCCCCC(O)(c1ccc(OC)cc1)C(CN1CCCCC1)c1ccccc1.Cl. The number of ether oxygens (including phenoxy) is 1. The first-order valence-corrected chi connectivity index (χ1v) is 11.3. The van der Waals surface area contributed by atoms with Gasteiger partial charge in [0.25, 0.3) is 0 Å². The van der Waals surface area contributed by atoms with Gasteiger partial charge in [0.1, 0.15) is 5.75 Å². The molecular formula is C26H38ClNO2. The summed E-state index contributed by atoms with van der Waals surface area (Å²) in [7, 11) is 1.69. The van der Waals surface area contributed by atoms with E-state index in [2.05, 4.69) is 54.3 Å². The lowest BCUT2D eigenvalue weighted by atomic mass is 9.73. The van der Waals surface area contributed by atoms with Crippen molar-refractivity contribution in [2.24, 2.45) is 0 Å². The molecule has 2 unspecified atom stereocenters. The predicted molar refractivity (Wildman–Crippen MR) is 128 cm³/mol. The van der Waals surface area contributed by atoms with Gasteiger partial charge >= 0.3 is 0 Å². The van der Waals surface area contributed by atoms with Crippen LogP contribution in [0.15, 0.2) is 54.6 Å². The summed E-state index contributed by atoms with van der Waals surface area (Å²) in [5.41, 5.74) is 1.34. The zero-order valence-electron chi connectivity index (χ0n) is 18.6. The first-order valence-electron chi connectivity index (χ1n) is 11.3. The maximum atomic E-state index is 12.2. The smallest absolute Gasteiger partial charge is 0.118 e. The standard InChI is InChI=1S/C26H37NO2.ClH/c1-3-4-9-18-26(28,23-14-16-24(29-2)17-15-23)25(22-12-7-5-8-13-22)21-27-19-10-6-11-20-27;/h5,7-8,12-17,25,28H,3-4,6,9-11,18-21H2,1-2H3;1H. The number of unbranched alkanes of at least 4 members (excludes halogenated alkanes) is 2. The highest BCUT2D eigenvalue weighted by Gasteiger charge is 2.40. The van der Waals surface area contributed by atoms with Crippen molar-refractivity contribution in [3.05, 3.63) is 65.7 Å². The van der Waals surface area contributed by atoms with Gasteiger partial charge in [0.15, 0.2) is 0 Å². The topological polar surface area (TPSA) is 32.7 Å². The van der Waals surface area contributed by atoms with Gasteiger partial charge in [0.2, 0.25) is 0 Å². The van der Waals surface area contributed by atoms with E-state index in [0.717, 1.165) is 56.6 Å². The average molecular weight is 432 g/mol. The number of piperidine rings is 1. The summed E-state index contributed by atoms with van der Waals surface area (Å²) in [5.74, 6) is 0.879. The fourth-order valence-corrected chi connectivity index (χ4v) is 4.66. The molecule has 2 atom stereocenters. The molecule has 0 aromatic heterocycles. The molecule has 4 heteroatoms. The van der Waals surface area contributed by atoms with E-state index in [0.29, 0.717) is 0 Å². The molecule has 166 valence electrons. The third-order valence-electron chi connectivity index (χ3n) is 6.42. The Morgan fingerprint density at radius 2 is 1.63 bits per heavy atom. The van der Waals surface area contributed by atoms with Gasteiger partial charge in [-0.3, -0.25) is 0 Å². The first-order chi connectivity index (χ1) is 14.2. The molecule has 0 aliphatic carbocycles. The van der Waals surface area contributed by atoms with Crippen molar-refractivity contribution in [2.75, 3.05) is 26.7 Å². The van der Waals surface area contributed by atoms with Crippen LogP contribution in [0.25, 0.3) is 0 Å². The summed E-state index contributed by atoms with van der Waals surface area (Å²) < 4.78 is 5.36. The average Bonchev–Trinajstić information content (AvgIpc) is 2.79. The molecule has 1 N–H and O–H groups in total. The monoisotopic (exact) mass is 431 g/mol. The summed E-state index contributed by atoms with van der Waals surface area (Å²) in [6.45, 7) is 5.39. The van der Waals surface area contributed by atoms with Crippen molar-refractivity contribution in [3.8, 4) is 5.75 Å². The van der Waals surface area contributed by atoms with Gasteiger partial charge in [-0.15, -0.1) is 12.4 Å². The van der Waals surface area contributed by atoms with Crippen LogP contribution in [-0.2, 0) is 5.60 Å². The number of rotatable bonds is 10. The van der Waals surface area contributed by atoms with Crippen molar-refractivity contribution >= 4 is 12.4 Å².